The molecule has 1 N–H and O–H groups in total. The van der Waals surface area contributed by atoms with Crippen molar-refractivity contribution in [3.63, 3.8) is 0 Å². The van der Waals surface area contributed by atoms with Crippen LogP contribution in [0.5, 0.6) is 0 Å². The Morgan fingerprint density at radius 2 is 0.531 bits per heavy atom. The van der Waals surface area contributed by atoms with E-state index in [0.717, 1.165) is 0 Å². The van der Waals surface area contributed by atoms with Crippen LogP contribution in [0.15, 0.2) is 0 Å². The Bertz CT molecular complexity index is 180. The molecule has 0 aliphatic rings. The molecule has 0 heterocycles. The second-order valence-corrected chi connectivity index (χ2v) is 17.5. The standard InChI is InChI=1S/C4H12OSi2.2C3H9OSi.C3H9Si.CH4N.CH4.3CH3.5Y/c1-6(2)5-7(3)4;2*1-4-5(2)3;1-4(2)3;1-2;;;;;;;;;/h1-4H3;2*1-3H3;1-3H3;2H,1H3;1H4;3*1H3;;;;;/q;;;;-1;;3*-1;;;;;. The molecule has 32 heavy (non-hydrogen) atoms. The molecule has 14 heteroatoms. The average Bonchev–Trinajstić information content (AvgIpc) is 2.40. The fourth-order valence-electron chi connectivity index (χ4n) is 0.408. The van der Waals surface area contributed by atoms with Gasteiger partial charge < -0.3 is 41.0 Å². The van der Waals surface area contributed by atoms with Gasteiger partial charge in [-0.15, -0.1) is 0 Å². The molecule has 0 unspecified atom stereocenters. The van der Waals surface area contributed by atoms with Crippen molar-refractivity contribution in [3.8, 4) is 0 Å². The smallest absolute Gasteiger partial charge is 0.204 e. The first-order valence-electron chi connectivity index (χ1n) is 7.63. The molecule has 0 spiro atoms. The molecule has 0 fully saturated rings. The van der Waals surface area contributed by atoms with Gasteiger partial charge in [0.2, 0.25) is 18.1 Å². The largest absolute Gasteiger partial charge is 0.680 e. The third-order valence-corrected chi connectivity index (χ3v) is 6.12. The van der Waals surface area contributed by atoms with Crippen molar-refractivity contribution in [1.29, 1.82) is 0 Å². The summed E-state index contributed by atoms with van der Waals surface area (Å²) in [5.74, 6) is 0. The molecule has 0 amide bonds. The van der Waals surface area contributed by atoms with E-state index in [2.05, 4.69) is 72.0 Å². The number of hydrogen-bond acceptors (Lipinski definition) is 3. The molecular formula is C18H56NO3Si5Y5-4. The van der Waals surface area contributed by atoms with Crippen molar-refractivity contribution in [2.75, 3.05) is 21.3 Å². The molecule has 0 aromatic rings. The van der Waals surface area contributed by atoms with Crippen LogP contribution in [-0.2, 0) is 177 Å². The molecule has 0 bridgehead atoms. The van der Waals surface area contributed by atoms with Gasteiger partial charge in [0.25, 0.3) is 0 Å². The van der Waals surface area contributed by atoms with E-state index in [1.807, 2.05) is 0 Å². The van der Waals surface area contributed by atoms with Crippen LogP contribution in [-0.4, -0.2) is 66.2 Å². The average molecular weight is 920 g/mol. The van der Waals surface area contributed by atoms with E-state index in [1.165, 1.54) is 7.05 Å². The Morgan fingerprint density at radius 3 is 0.531 bits per heavy atom. The van der Waals surface area contributed by atoms with Gasteiger partial charge >= 0.3 is 0 Å². The Labute approximate surface area is 343 Å². The Morgan fingerprint density at radius 1 is 0.438 bits per heavy atom. The van der Waals surface area contributed by atoms with Gasteiger partial charge in [0, 0.05) is 187 Å². The Kier molecular flexibility index (Phi) is 235. The topological polar surface area (TPSA) is 51.5 Å². The molecule has 0 saturated carbocycles. The van der Waals surface area contributed by atoms with Crippen LogP contribution in [0.1, 0.15) is 7.43 Å². The van der Waals surface area contributed by atoms with Crippen molar-refractivity contribution in [2.24, 2.45) is 0 Å². The summed E-state index contributed by atoms with van der Waals surface area (Å²) in [6.07, 6.45) is 0. The monoisotopic (exact) mass is 919 g/mol. The molecule has 10 radical (unpaired) electrons. The summed E-state index contributed by atoms with van der Waals surface area (Å²) in [7, 11) is 3.33. The Hall–Kier alpha value is 6.44. The summed E-state index contributed by atoms with van der Waals surface area (Å²) in [6.45, 7) is 23.9. The summed E-state index contributed by atoms with van der Waals surface area (Å²) >= 11 is 0. The molecule has 0 rings (SSSR count). The molecule has 0 atom stereocenters. The van der Waals surface area contributed by atoms with Gasteiger partial charge in [0.1, 0.15) is 0 Å². The van der Waals surface area contributed by atoms with E-state index in [9.17, 15) is 0 Å². The van der Waals surface area contributed by atoms with Gasteiger partial charge in [0.05, 0.1) is 0 Å². The normalized spacial score (nSPS) is 6.75. The zero-order valence-corrected chi connectivity index (χ0v) is 43.3. The summed E-state index contributed by atoms with van der Waals surface area (Å²) < 4.78 is 15.2. The minimum atomic E-state index is -0.389. The fraction of sp³-hybridized carbons (Fsp3) is 0.833. The van der Waals surface area contributed by atoms with Crippen LogP contribution in [0.3, 0.4) is 0 Å². The van der Waals surface area contributed by atoms with Crippen molar-refractivity contribution >= 4 is 45.0 Å². The van der Waals surface area contributed by atoms with Crippen LogP contribution >= 0.6 is 0 Å². The number of rotatable bonds is 4. The first-order chi connectivity index (χ1) is 10.4. The first-order valence-corrected chi connectivity index (χ1v) is 20.3. The van der Waals surface area contributed by atoms with Crippen LogP contribution < -0.4 is 0 Å². The molecule has 0 aromatic heterocycles. The molecule has 0 aliphatic heterocycles. The molecule has 0 aliphatic carbocycles. The fourth-order valence-corrected chi connectivity index (χ4v) is 3.67. The SMILES string of the molecule is C.CO[Si](C)C.CO[Si](C)C.C[NH-].C[Si](C)C.C[Si](C)O[Si](C)C.[CH3-].[CH3-].[CH3-].[Y].[Y].[Y].[Y].[Y]. The van der Waals surface area contributed by atoms with E-state index in [-0.39, 0.29) is 238 Å². The zero-order valence-electron chi connectivity index (χ0n) is 24.1. The second kappa shape index (κ2) is 83.2. The van der Waals surface area contributed by atoms with Crippen LogP contribution in [0, 0.1) is 22.3 Å². The minimum Gasteiger partial charge on any atom is -0.680 e. The van der Waals surface area contributed by atoms with Crippen LogP contribution in [0.2, 0.25) is 72.0 Å². The van der Waals surface area contributed by atoms with E-state index in [0.29, 0.717) is 0 Å². The third kappa shape index (κ3) is 219. The maximum absolute atomic E-state index is 5.75. The maximum Gasteiger partial charge on any atom is 0.204 e. The Balaban J connectivity index is -0.0000000102. The first kappa shape index (κ1) is 90.2. The van der Waals surface area contributed by atoms with E-state index < -0.39 is 0 Å². The van der Waals surface area contributed by atoms with Gasteiger partial charge in [-0.25, -0.2) is 0 Å². The van der Waals surface area contributed by atoms with Crippen molar-refractivity contribution in [2.45, 2.75) is 79.4 Å². The van der Waals surface area contributed by atoms with Gasteiger partial charge in [-0.05, 0) is 52.4 Å². The second-order valence-electron chi connectivity index (χ2n) is 5.64. The molecule has 0 saturated heterocycles. The predicted molar refractivity (Wildman–Crippen MR) is 145 cm³/mol. The van der Waals surface area contributed by atoms with Gasteiger partial charge in [-0.3, -0.25) is 0 Å². The number of hydrogen-bond donors (Lipinski definition) is 0. The summed E-state index contributed by atoms with van der Waals surface area (Å²) in [5.41, 5.74) is 5.75. The maximum atomic E-state index is 5.75. The summed E-state index contributed by atoms with van der Waals surface area (Å²) in [6, 6.07) is 0. The van der Waals surface area contributed by atoms with Gasteiger partial charge in [-0.1, -0.05) is 27.1 Å². The number of nitrogens with one attached hydrogen (secondary N) is 1. The summed E-state index contributed by atoms with van der Waals surface area (Å²) in [5, 5.41) is 0. The van der Waals surface area contributed by atoms with Crippen molar-refractivity contribution in [3.05, 3.63) is 28.0 Å². The third-order valence-electron chi connectivity index (χ3n) is 1.22. The molecule has 190 valence electrons. The molecular weight excluding hydrogens is 863 g/mol. The molecule has 4 nitrogen and oxygen atoms in total. The zero-order chi connectivity index (χ0) is 20.0. The summed E-state index contributed by atoms with van der Waals surface area (Å²) in [4.78, 5) is 0. The van der Waals surface area contributed by atoms with Crippen molar-refractivity contribution < 1.29 is 177 Å². The molecule has 0 aromatic carbocycles. The van der Waals surface area contributed by atoms with Crippen molar-refractivity contribution in [1.82, 2.24) is 0 Å². The predicted octanol–water partition coefficient (Wildman–Crippen LogP) is 7.29. The van der Waals surface area contributed by atoms with E-state index in [1.54, 1.807) is 14.2 Å². The van der Waals surface area contributed by atoms with Gasteiger partial charge in [-0.2, -0.15) is 7.05 Å². The van der Waals surface area contributed by atoms with Crippen LogP contribution in [0.4, 0.5) is 0 Å². The van der Waals surface area contributed by atoms with Gasteiger partial charge in [0.15, 0.2) is 18.1 Å². The van der Waals surface area contributed by atoms with E-state index >= 15 is 0 Å². The quantitative estimate of drug-likeness (QED) is 0.220. The van der Waals surface area contributed by atoms with E-state index in [4.69, 9.17) is 18.7 Å². The minimum absolute atomic E-state index is 0. The van der Waals surface area contributed by atoms with Crippen LogP contribution in [0.25, 0.3) is 5.73 Å².